The summed E-state index contributed by atoms with van der Waals surface area (Å²) in [6.45, 7) is 0. The maximum absolute atomic E-state index is 13.0. The van der Waals surface area contributed by atoms with Crippen LogP contribution in [0.2, 0.25) is 0 Å². The van der Waals surface area contributed by atoms with Crippen molar-refractivity contribution in [2.24, 2.45) is 0 Å². The summed E-state index contributed by atoms with van der Waals surface area (Å²) in [5.74, 6) is -0.637. The van der Waals surface area contributed by atoms with Gasteiger partial charge in [-0.1, -0.05) is 72.8 Å². The summed E-state index contributed by atoms with van der Waals surface area (Å²) in [4.78, 5) is 23.0. The molecular weight excluding hydrogens is 921 g/mol. The Bertz CT molecular complexity index is 3390. The van der Waals surface area contributed by atoms with Gasteiger partial charge in [0.05, 0.1) is 19.6 Å². The molecule has 9 rings (SSSR count). The summed E-state index contributed by atoms with van der Waals surface area (Å²) < 4.78 is 154. The molecule has 26 heteroatoms. The Labute approximate surface area is 346 Å². The van der Waals surface area contributed by atoms with Crippen LogP contribution in [0.15, 0.2) is 92.4 Å². The van der Waals surface area contributed by atoms with Gasteiger partial charge < -0.3 is 28.2 Å². The molecule has 0 unspecified atom stereocenters. The average Bonchev–Trinajstić information content (AvgIpc) is 3.84. The van der Waals surface area contributed by atoms with Crippen LogP contribution in [0.4, 0.5) is 0 Å². The van der Waals surface area contributed by atoms with Gasteiger partial charge >= 0.3 is 34.7 Å². The molecule has 0 spiro atoms. The molecule has 0 saturated carbocycles. The fourth-order valence-corrected chi connectivity index (χ4v) is 11.6. The maximum Gasteiger partial charge on any atom is 2.00 e. The van der Waals surface area contributed by atoms with E-state index in [1.54, 1.807) is 60.7 Å². The minimum absolute atomic E-state index is 0. The molecule has 20 nitrogen and oxygen atoms in total. The number of hydrogen-bond donors (Lipinski definition) is 2. The van der Waals surface area contributed by atoms with Crippen molar-refractivity contribution in [2.75, 3.05) is 0 Å². The molecule has 4 aromatic carbocycles. The predicted octanol–water partition coefficient (Wildman–Crippen LogP) is 2.48. The first-order valence-corrected chi connectivity index (χ1v) is 21.1. The van der Waals surface area contributed by atoms with Gasteiger partial charge in [0.2, 0.25) is 0 Å². The quantitative estimate of drug-likeness (QED) is 0.239. The Morgan fingerprint density at radius 2 is 0.621 bits per heavy atom. The van der Waals surface area contributed by atoms with Crippen molar-refractivity contribution in [3.05, 3.63) is 72.8 Å². The third-order valence-electron chi connectivity index (χ3n) is 8.82. The maximum atomic E-state index is 13.0. The van der Waals surface area contributed by atoms with Crippen LogP contribution < -0.4 is 0 Å². The van der Waals surface area contributed by atoms with E-state index < -0.39 is 82.1 Å². The largest absolute Gasteiger partial charge is 2.00 e. The van der Waals surface area contributed by atoms with Crippen LogP contribution >= 0.6 is 0 Å². The van der Waals surface area contributed by atoms with Crippen molar-refractivity contribution in [1.82, 2.24) is 39.9 Å². The third-order valence-corrected chi connectivity index (χ3v) is 12.8. The van der Waals surface area contributed by atoms with Gasteiger partial charge in [-0.2, -0.15) is 0 Å². The third kappa shape index (κ3) is 6.49. The Balaban J connectivity index is 0.00000256. The summed E-state index contributed by atoms with van der Waals surface area (Å²) in [6, 6.07) is 19.6. The van der Waals surface area contributed by atoms with Crippen molar-refractivity contribution < 1.29 is 86.6 Å². The first-order valence-electron chi connectivity index (χ1n) is 15.5. The van der Waals surface area contributed by atoms with Crippen LogP contribution in [-0.2, 0) is 75.2 Å². The van der Waals surface area contributed by atoms with Gasteiger partial charge in [0.15, 0.2) is 23.3 Å². The van der Waals surface area contributed by atoms with E-state index in [2.05, 4.69) is 29.9 Å². The molecule has 5 heterocycles. The minimum atomic E-state index is -6.60. The Morgan fingerprint density at radius 3 is 0.914 bits per heavy atom. The van der Waals surface area contributed by atoms with Crippen molar-refractivity contribution in [3.8, 4) is 45.6 Å². The molecule has 0 radical (unpaired) electrons. The number of rotatable bonds is 4. The number of aromatic nitrogens is 8. The van der Waals surface area contributed by atoms with Crippen LogP contribution in [0.3, 0.4) is 0 Å². The first-order chi connectivity index (χ1) is 26.3. The molecule has 0 atom stereocenters. The van der Waals surface area contributed by atoms with Crippen molar-refractivity contribution >= 4 is 84.6 Å². The predicted molar refractivity (Wildman–Crippen MR) is 188 cm³/mol. The topological polar surface area (TPSA) is 338 Å². The van der Waals surface area contributed by atoms with E-state index in [1.807, 2.05) is 0 Å². The van der Waals surface area contributed by atoms with Crippen LogP contribution in [-0.4, -0.2) is 91.8 Å². The standard InChI is InChI=1S/C32H18N8O12S4.2Cr/c41-53(42,43)21-19-20(22(54(44,45)46)24(56(50,51)52)23(21)55(47,48)49)32-39-30-18-12-6-4-10-16(18)28(37-30)35-26-14-8-2-1-7-13(14)25(33-26)34-27-15-9-3-5-11-17(15)29(36-27)38-31(19)40-32;;/h1-12H,(H,41,42,43)(H,44,45,46)(H,47,48,49)(H,50,51,52)(H2,33,34,35,36,37,38,39,40);;/q;2*+2/p-4. The van der Waals surface area contributed by atoms with E-state index in [0.29, 0.717) is 21.9 Å². The molecule has 58 heavy (non-hydrogen) atoms. The first kappa shape index (κ1) is 41.1. The zero-order valence-corrected chi connectivity index (χ0v) is 33.8. The normalized spacial score (nSPS) is 12.8. The molecular formula is C32H14Cr2N8O12S4. The molecule has 8 bridgehead atoms. The van der Waals surface area contributed by atoms with Gasteiger partial charge in [0.1, 0.15) is 63.1 Å². The Morgan fingerprint density at radius 1 is 0.362 bits per heavy atom. The van der Waals surface area contributed by atoms with E-state index >= 15 is 0 Å². The molecule has 0 fully saturated rings. The van der Waals surface area contributed by atoms with Crippen molar-refractivity contribution in [1.29, 1.82) is 0 Å². The summed E-state index contributed by atoms with van der Waals surface area (Å²) in [7, 11) is -26.0. The van der Waals surface area contributed by atoms with Crippen LogP contribution in [0.5, 0.6) is 0 Å². The van der Waals surface area contributed by atoms with Gasteiger partial charge in [-0.3, -0.25) is 0 Å². The summed E-state index contributed by atoms with van der Waals surface area (Å²) in [5.41, 5.74) is -0.283. The fraction of sp³-hybridized carbons (Fsp3) is 0. The smallest absolute Gasteiger partial charge is 0.744 e. The molecule has 290 valence electrons. The number of H-pyrrole nitrogens is 2. The number of aromatic amines is 2. The summed E-state index contributed by atoms with van der Waals surface area (Å²) in [5, 5.41) is -1.56. The second-order valence-electron chi connectivity index (χ2n) is 12.1. The van der Waals surface area contributed by atoms with Gasteiger partial charge in [-0.15, -0.1) is 0 Å². The number of nitrogens with one attached hydrogen (secondary N) is 2. The van der Waals surface area contributed by atoms with E-state index in [4.69, 9.17) is 9.97 Å². The molecule has 0 aliphatic carbocycles. The second kappa shape index (κ2) is 13.8. The molecule has 2 aliphatic rings. The molecule has 0 amide bonds. The van der Waals surface area contributed by atoms with Crippen molar-refractivity contribution in [3.63, 3.8) is 0 Å². The number of benzene rings is 4. The van der Waals surface area contributed by atoms with Crippen LogP contribution in [0.1, 0.15) is 0 Å². The molecule has 2 N–H and O–H groups in total. The van der Waals surface area contributed by atoms with Gasteiger partial charge in [-0.25, -0.2) is 63.6 Å². The fourth-order valence-electron chi connectivity index (χ4n) is 6.72. The molecule has 7 aromatic rings. The summed E-state index contributed by atoms with van der Waals surface area (Å²) >= 11 is 0. The zero-order chi connectivity index (χ0) is 39.7. The van der Waals surface area contributed by atoms with E-state index in [9.17, 15) is 51.9 Å². The summed E-state index contributed by atoms with van der Waals surface area (Å²) in [6.07, 6.45) is 0. The van der Waals surface area contributed by atoms with Crippen LogP contribution in [0.25, 0.3) is 89.7 Å². The molecule has 3 aromatic heterocycles. The van der Waals surface area contributed by atoms with Gasteiger partial charge in [-0.05, 0) is 0 Å². The van der Waals surface area contributed by atoms with E-state index in [-0.39, 0.29) is 80.4 Å². The molecule has 0 saturated heterocycles. The Hall–Kier alpha value is -5.06. The number of hydrogen-bond acceptors (Lipinski definition) is 18. The van der Waals surface area contributed by atoms with Gasteiger partial charge in [0, 0.05) is 43.8 Å². The van der Waals surface area contributed by atoms with Crippen molar-refractivity contribution in [2.45, 2.75) is 19.6 Å². The Kier molecular flexibility index (Phi) is 9.76. The molecule has 2 aliphatic heterocycles. The van der Waals surface area contributed by atoms with Gasteiger partial charge in [0.25, 0.3) is 0 Å². The average molecular weight is 935 g/mol. The van der Waals surface area contributed by atoms with Crippen LogP contribution in [0, 0.1) is 0 Å². The monoisotopic (exact) mass is 934 g/mol. The SMILES string of the molecule is O=S(=O)([O-])c1c(S(=O)(=O)[O-])c(S(=O)(=O)[O-])c2c3nc4nc(nc5[nH]c(nc6nc(nc([nH]3)c2c1S(=O)(=O)[O-])-c1ccccc1-6)c1ccccc51)-c1ccccc1-4.[Cr+2].[Cr+2]. The number of fused-ring (bicyclic) bond motifs is 20. The van der Waals surface area contributed by atoms with E-state index in [0.717, 1.165) is 0 Å². The van der Waals surface area contributed by atoms with E-state index in [1.165, 1.54) is 12.1 Å². The zero-order valence-electron chi connectivity index (χ0n) is 28.0. The number of nitrogens with zero attached hydrogens (tertiary/aromatic N) is 6. The second-order valence-corrected chi connectivity index (χ2v) is 17.4. The minimum Gasteiger partial charge on any atom is -0.744 e.